The van der Waals surface area contributed by atoms with Gasteiger partial charge in [0.15, 0.2) is 0 Å². The first-order chi connectivity index (χ1) is 12.5. The molecule has 0 unspecified atom stereocenters. The molecular weight excluding hydrogens is 352 g/mol. The maximum atomic E-state index is 12.3. The highest BCUT2D eigenvalue weighted by Crippen LogP contribution is 2.27. The number of carbonyl (C=O) groups excluding carboxylic acids is 2. The van der Waals surface area contributed by atoms with Crippen LogP contribution in [0.5, 0.6) is 5.75 Å². The number of halogens is 1. The zero-order valence-electron chi connectivity index (χ0n) is 13.6. The molecule has 0 aliphatic carbocycles. The summed E-state index contributed by atoms with van der Waals surface area (Å²) in [5.74, 6) is -0.704. The first-order valence-electron chi connectivity index (χ1n) is 7.79. The SMILES string of the molecule is O=C(Nc1ccc(C(=O)Nc2cc(Cl)ccc2O)cc1)c1ccccc1. The van der Waals surface area contributed by atoms with Gasteiger partial charge in [-0.15, -0.1) is 0 Å². The fraction of sp³-hybridized carbons (Fsp3) is 0. The highest BCUT2D eigenvalue weighted by Gasteiger charge is 2.10. The summed E-state index contributed by atoms with van der Waals surface area (Å²) in [4.78, 5) is 24.4. The Kier molecular flexibility index (Phi) is 5.20. The van der Waals surface area contributed by atoms with E-state index in [9.17, 15) is 14.7 Å². The number of aromatic hydroxyl groups is 1. The summed E-state index contributed by atoms with van der Waals surface area (Å²) in [5, 5.41) is 15.5. The maximum absolute atomic E-state index is 12.3. The van der Waals surface area contributed by atoms with Gasteiger partial charge in [0.1, 0.15) is 5.75 Å². The molecule has 3 aromatic carbocycles. The molecule has 0 aliphatic heterocycles. The molecule has 3 aromatic rings. The fourth-order valence-corrected chi connectivity index (χ4v) is 2.47. The molecule has 2 amide bonds. The molecule has 0 heterocycles. The standard InChI is InChI=1S/C20H15ClN2O3/c21-15-8-11-18(24)17(12-15)23-20(26)14-6-9-16(10-7-14)22-19(25)13-4-2-1-3-5-13/h1-12,24H,(H,22,25)(H,23,26). The zero-order valence-corrected chi connectivity index (χ0v) is 14.3. The normalized spacial score (nSPS) is 10.2. The Morgan fingerprint density at radius 2 is 1.38 bits per heavy atom. The van der Waals surface area contributed by atoms with Gasteiger partial charge in [0.05, 0.1) is 5.69 Å². The lowest BCUT2D eigenvalue weighted by atomic mass is 10.1. The van der Waals surface area contributed by atoms with E-state index in [0.29, 0.717) is 21.8 Å². The quantitative estimate of drug-likeness (QED) is 0.593. The van der Waals surface area contributed by atoms with Crippen molar-refractivity contribution in [3.63, 3.8) is 0 Å². The summed E-state index contributed by atoms with van der Waals surface area (Å²) in [6.07, 6.45) is 0. The van der Waals surface area contributed by atoms with Crippen LogP contribution in [-0.4, -0.2) is 16.9 Å². The summed E-state index contributed by atoms with van der Waals surface area (Å²) in [6, 6.07) is 19.7. The maximum Gasteiger partial charge on any atom is 0.255 e. The van der Waals surface area contributed by atoms with Gasteiger partial charge >= 0.3 is 0 Å². The van der Waals surface area contributed by atoms with E-state index in [2.05, 4.69) is 10.6 Å². The van der Waals surface area contributed by atoms with E-state index in [1.54, 1.807) is 48.5 Å². The minimum absolute atomic E-state index is 0.0745. The number of carbonyl (C=O) groups is 2. The largest absolute Gasteiger partial charge is 0.506 e. The van der Waals surface area contributed by atoms with Gasteiger partial charge in [0.2, 0.25) is 0 Å². The second kappa shape index (κ2) is 7.72. The Bertz CT molecular complexity index is 941. The van der Waals surface area contributed by atoms with Crippen LogP contribution in [0.1, 0.15) is 20.7 Å². The summed E-state index contributed by atoms with van der Waals surface area (Å²) in [7, 11) is 0. The summed E-state index contributed by atoms with van der Waals surface area (Å²) in [5.41, 5.74) is 1.72. The first-order valence-corrected chi connectivity index (χ1v) is 8.17. The number of rotatable bonds is 4. The van der Waals surface area contributed by atoms with Gasteiger partial charge in [-0.25, -0.2) is 0 Å². The van der Waals surface area contributed by atoms with E-state index < -0.39 is 5.91 Å². The number of phenols is 1. The third kappa shape index (κ3) is 4.20. The molecule has 0 saturated carbocycles. The number of phenolic OH excluding ortho intramolecular Hbond substituents is 1. The third-order valence-corrected chi connectivity index (χ3v) is 3.88. The van der Waals surface area contributed by atoms with Gasteiger partial charge in [-0.1, -0.05) is 29.8 Å². The van der Waals surface area contributed by atoms with Crippen LogP contribution in [0.2, 0.25) is 5.02 Å². The third-order valence-electron chi connectivity index (χ3n) is 3.65. The van der Waals surface area contributed by atoms with Crippen LogP contribution in [0.3, 0.4) is 0 Å². The highest BCUT2D eigenvalue weighted by atomic mass is 35.5. The monoisotopic (exact) mass is 366 g/mol. The number of nitrogens with one attached hydrogen (secondary N) is 2. The topological polar surface area (TPSA) is 78.4 Å². The molecule has 0 bridgehead atoms. The van der Waals surface area contributed by atoms with Crippen molar-refractivity contribution in [3.05, 3.63) is 88.9 Å². The average molecular weight is 367 g/mol. The van der Waals surface area contributed by atoms with E-state index in [1.165, 1.54) is 18.2 Å². The lowest BCUT2D eigenvalue weighted by Gasteiger charge is -2.09. The molecule has 0 saturated heterocycles. The van der Waals surface area contributed by atoms with Crippen LogP contribution in [0, 0.1) is 0 Å². The molecule has 3 rings (SSSR count). The van der Waals surface area contributed by atoms with Gasteiger partial charge < -0.3 is 15.7 Å². The van der Waals surface area contributed by atoms with Crippen molar-refractivity contribution in [2.45, 2.75) is 0 Å². The van der Waals surface area contributed by atoms with E-state index in [-0.39, 0.29) is 17.3 Å². The predicted octanol–water partition coefficient (Wildman–Crippen LogP) is 4.55. The number of anilines is 2. The molecule has 0 aromatic heterocycles. The highest BCUT2D eigenvalue weighted by molar-refractivity contribution is 6.31. The lowest BCUT2D eigenvalue weighted by molar-refractivity contribution is 0.101. The summed E-state index contributed by atoms with van der Waals surface area (Å²) < 4.78 is 0. The molecule has 5 nitrogen and oxygen atoms in total. The smallest absolute Gasteiger partial charge is 0.255 e. The molecular formula is C20H15ClN2O3. The molecule has 130 valence electrons. The van der Waals surface area contributed by atoms with Crippen molar-refractivity contribution >= 4 is 34.8 Å². The van der Waals surface area contributed by atoms with Crippen LogP contribution < -0.4 is 10.6 Å². The average Bonchev–Trinajstić information content (AvgIpc) is 2.66. The molecule has 26 heavy (non-hydrogen) atoms. The molecule has 0 spiro atoms. The molecule has 3 N–H and O–H groups in total. The van der Waals surface area contributed by atoms with Crippen molar-refractivity contribution in [2.24, 2.45) is 0 Å². The van der Waals surface area contributed by atoms with Gasteiger partial charge in [-0.3, -0.25) is 9.59 Å². The van der Waals surface area contributed by atoms with Crippen LogP contribution in [0.4, 0.5) is 11.4 Å². The Hall–Kier alpha value is -3.31. The van der Waals surface area contributed by atoms with Gasteiger partial charge in [-0.2, -0.15) is 0 Å². The van der Waals surface area contributed by atoms with Gasteiger partial charge in [-0.05, 0) is 54.6 Å². The molecule has 6 heteroatoms. The van der Waals surface area contributed by atoms with Crippen molar-refractivity contribution in [1.82, 2.24) is 0 Å². The Morgan fingerprint density at radius 1 is 0.769 bits per heavy atom. The van der Waals surface area contributed by atoms with Gasteiger partial charge in [0, 0.05) is 21.8 Å². The van der Waals surface area contributed by atoms with Crippen molar-refractivity contribution < 1.29 is 14.7 Å². The number of hydrogen-bond acceptors (Lipinski definition) is 3. The van der Waals surface area contributed by atoms with Crippen molar-refractivity contribution in [2.75, 3.05) is 10.6 Å². The van der Waals surface area contributed by atoms with Crippen molar-refractivity contribution in [3.8, 4) is 5.75 Å². The van der Waals surface area contributed by atoms with E-state index in [0.717, 1.165) is 0 Å². The molecule has 0 aliphatic rings. The summed E-state index contributed by atoms with van der Waals surface area (Å²) >= 11 is 5.86. The number of hydrogen-bond donors (Lipinski definition) is 3. The minimum Gasteiger partial charge on any atom is -0.506 e. The van der Waals surface area contributed by atoms with Crippen molar-refractivity contribution in [1.29, 1.82) is 0 Å². The number of amides is 2. The second-order valence-corrected chi connectivity index (χ2v) is 5.95. The van der Waals surface area contributed by atoms with E-state index in [1.807, 2.05) is 6.07 Å². The Morgan fingerprint density at radius 3 is 2.08 bits per heavy atom. The van der Waals surface area contributed by atoms with Gasteiger partial charge in [0.25, 0.3) is 11.8 Å². The molecule has 0 atom stereocenters. The first kappa shape index (κ1) is 17.5. The van der Waals surface area contributed by atoms with Crippen LogP contribution in [-0.2, 0) is 0 Å². The Balaban J connectivity index is 1.68. The van der Waals surface area contributed by atoms with Crippen LogP contribution in [0.15, 0.2) is 72.8 Å². The Labute approximate surface area is 155 Å². The molecule has 0 radical (unpaired) electrons. The lowest BCUT2D eigenvalue weighted by Crippen LogP contribution is -2.13. The predicted molar refractivity (Wildman–Crippen MR) is 102 cm³/mol. The summed E-state index contributed by atoms with van der Waals surface area (Å²) in [6.45, 7) is 0. The minimum atomic E-state index is -0.400. The van der Waals surface area contributed by atoms with E-state index in [4.69, 9.17) is 11.6 Å². The van der Waals surface area contributed by atoms with E-state index >= 15 is 0 Å². The van der Waals surface area contributed by atoms with Crippen LogP contribution in [0.25, 0.3) is 0 Å². The zero-order chi connectivity index (χ0) is 18.5. The number of benzene rings is 3. The van der Waals surface area contributed by atoms with Crippen LogP contribution >= 0.6 is 11.6 Å². The molecule has 0 fully saturated rings. The fourth-order valence-electron chi connectivity index (χ4n) is 2.30. The second-order valence-electron chi connectivity index (χ2n) is 5.51.